The summed E-state index contributed by atoms with van der Waals surface area (Å²) in [6, 6.07) is 5.91. The van der Waals surface area contributed by atoms with Crippen LogP contribution in [-0.4, -0.2) is 59.2 Å². The molecular formula is C18H25N6O3+. The SMILES string of the molecule is CCCc1[nH]n(-c2ccc([N+](=O)[O-])cc2)c(=O)c1C=NN1CC[NH+](C)CC1. The van der Waals surface area contributed by atoms with Gasteiger partial charge in [0.15, 0.2) is 0 Å². The Balaban J connectivity index is 1.89. The standard InChI is InChI=1S/C18H24N6O3/c1-3-4-17-16(13-19-22-11-9-21(2)10-12-22)18(25)23(20-17)14-5-7-15(8-6-14)24(26)27/h5-8,13,20H,3-4,9-12H2,1-2H3/p+1. The fourth-order valence-electron chi connectivity index (χ4n) is 3.11. The van der Waals surface area contributed by atoms with Crippen LogP contribution in [0.5, 0.6) is 0 Å². The summed E-state index contributed by atoms with van der Waals surface area (Å²) in [6.45, 7) is 5.84. The number of non-ortho nitro benzene ring substituents is 1. The number of nitrogens with one attached hydrogen (secondary N) is 2. The second kappa shape index (κ2) is 8.17. The van der Waals surface area contributed by atoms with Crippen LogP contribution in [0.25, 0.3) is 5.69 Å². The number of nitro benzene ring substituents is 1. The van der Waals surface area contributed by atoms with Crippen LogP contribution in [0.1, 0.15) is 24.6 Å². The molecule has 2 N–H and O–H groups in total. The molecule has 2 heterocycles. The molecule has 144 valence electrons. The normalized spacial score (nSPS) is 15.6. The number of benzene rings is 1. The predicted octanol–water partition coefficient (Wildman–Crippen LogP) is 0.191. The van der Waals surface area contributed by atoms with Crippen molar-refractivity contribution < 1.29 is 9.82 Å². The van der Waals surface area contributed by atoms with Crippen molar-refractivity contribution in [3.8, 4) is 5.69 Å². The van der Waals surface area contributed by atoms with E-state index < -0.39 is 4.92 Å². The van der Waals surface area contributed by atoms with Gasteiger partial charge in [0.2, 0.25) is 0 Å². The summed E-state index contributed by atoms with van der Waals surface area (Å²) in [5.41, 5.74) is 1.72. The van der Waals surface area contributed by atoms with Crippen LogP contribution in [-0.2, 0) is 6.42 Å². The molecule has 0 aliphatic carbocycles. The van der Waals surface area contributed by atoms with E-state index in [0.717, 1.165) is 44.7 Å². The molecule has 1 aromatic heterocycles. The number of likely N-dealkylation sites (N-methyl/N-ethyl adjacent to an activating group) is 1. The Labute approximate surface area is 157 Å². The first kappa shape index (κ1) is 18.8. The predicted molar refractivity (Wildman–Crippen MR) is 103 cm³/mol. The second-order valence-electron chi connectivity index (χ2n) is 6.82. The van der Waals surface area contributed by atoms with Gasteiger partial charge in [-0.3, -0.25) is 25.0 Å². The summed E-state index contributed by atoms with van der Waals surface area (Å²) in [5.74, 6) is 0. The number of rotatable bonds is 6. The molecule has 2 aromatic rings. The minimum Gasteiger partial charge on any atom is -0.334 e. The summed E-state index contributed by atoms with van der Waals surface area (Å²) in [5, 5.41) is 20.5. The first-order valence-electron chi connectivity index (χ1n) is 9.18. The summed E-state index contributed by atoms with van der Waals surface area (Å²) < 4.78 is 1.42. The fraction of sp³-hybridized carbons (Fsp3) is 0.444. The van der Waals surface area contributed by atoms with Crippen molar-refractivity contribution in [3.63, 3.8) is 0 Å². The lowest BCUT2D eigenvalue weighted by molar-refractivity contribution is -0.884. The number of nitrogens with zero attached hydrogens (tertiary/aromatic N) is 4. The average Bonchev–Trinajstić information content (AvgIpc) is 2.97. The van der Waals surface area contributed by atoms with Gasteiger partial charge in [-0.15, -0.1) is 0 Å². The molecule has 1 saturated heterocycles. The molecule has 0 unspecified atom stereocenters. The van der Waals surface area contributed by atoms with Crippen molar-refractivity contribution in [2.45, 2.75) is 19.8 Å². The van der Waals surface area contributed by atoms with Gasteiger partial charge in [0.05, 0.1) is 55.6 Å². The Morgan fingerprint density at radius 3 is 2.56 bits per heavy atom. The highest BCUT2D eigenvalue weighted by Crippen LogP contribution is 2.15. The van der Waals surface area contributed by atoms with Crippen molar-refractivity contribution in [2.24, 2.45) is 5.10 Å². The lowest BCUT2D eigenvalue weighted by atomic mass is 10.2. The van der Waals surface area contributed by atoms with Crippen LogP contribution in [0.2, 0.25) is 0 Å². The largest absolute Gasteiger partial charge is 0.334 e. The maximum atomic E-state index is 12.9. The van der Waals surface area contributed by atoms with E-state index >= 15 is 0 Å². The van der Waals surface area contributed by atoms with Gasteiger partial charge in [-0.2, -0.15) is 5.10 Å². The highest BCUT2D eigenvalue weighted by Gasteiger charge is 2.17. The molecule has 0 saturated carbocycles. The van der Waals surface area contributed by atoms with Crippen molar-refractivity contribution in [1.82, 2.24) is 14.8 Å². The van der Waals surface area contributed by atoms with Gasteiger partial charge in [0.1, 0.15) is 0 Å². The van der Waals surface area contributed by atoms with Gasteiger partial charge in [-0.1, -0.05) is 13.3 Å². The lowest BCUT2D eigenvalue weighted by Gasteiger charge is -2.27. The summed E-state index contributed by atoms with van der Waals surface area (Å²) in [7, 11) is 2.16. The number of aryl methyl sites for hydroxylation is 1. The summed E-state index contributed by atoms with van der Waals surface area (Å²) in [4.78, 5) is 24.7. The molecule has 1 aromatic carbocycles. The molecule has 9 nitrogen and oxygen atoms in total. The van der Waals surface area contributed by atoms with Crippen LogP contribution in [0, 0.1) is 10.1 Å². The molecule has 0 atom stereocenters. The fourth-order valence-corrected chi connectivity index (χ4v) is 3.11. The zero-order valence-electron chi connectivity index (χ0n) is 15.6. The van der Waals surface area contributed by atoms with Crippen LogP contribution in [0.3, 0.4) is 0 Å². The number of piperazine rings is 1. The molecule has 27 heavy (non-hydrogen) atoms. The van der Waals surface area contributed by atoms with Gasteiger partial charge in [0, 0.05) is 17.8 Å². The highest BCUT2D eigenvalue weighted by atomic mass is 16.6. The molecule has 1 fully saturated rings. The second-order valence-corrected chi connectivity index (χ2v) is 6.82. The molecule has 3 rings (SSSR count). The van der Waals surface area contributed by atoms with E-state index in [1.165, 1.54) is 21.7 Å². The molecular weight excluding hydrogens is 348 g/mol. The number of H-pyrrole nitrogens is 1. The van der Waals surface area contributed by atoms with Gasteiger partial charge in [-0.05, 0) is 18.6 Å². The van der Waals surface area contributed by atoms with E-state index in [0.29, 0.717) is 11.3 Å². The molecule has 9 heteroatoms. The quantitative estimate of drug-likeness (QED) is 0.429. The minimum absolute atomic E-state index is 0.00822. The zero-order valence-corrected chi connectivity index (χ0v) is 15.6. The Morgan fingerprint density at radius 2 is 1.96 bits per heavy atom. The highest BCUT2D eigenvalue weighted by molar-refractivity contribution is 5.80. The smallest absolute Gasteiger partial charge is 0.280 e. The van der Waals surface area contributed by atoms with E-state index in [2.05, 4.69) is 17.2 Å². The first-order valence-corrected chi connectivity index (χ1v) is 9.18. The number of aromatic amines is 1. The van der Waals surface area contributed by atoms with Gasteiger partial charge < -0.3 is 4.90 Å². The molecule has 0 spiro atoms. The molecule has 0 radical (unpaired) electrons. The Morgan fingerprint density at radius 1 is 1.30 bits per heavy atom. The van der Waals surface area contributed by atoms with E-state index in [1.54, 1.807) is 18.3 Å². The van der Waals surface area contributed by atoms with E-state index in [9.17, 15) is 14.9 Å². The Kier molecular flexibility index (Phi) is 5.70. The number of hydrogen-bond acceptors (Lipinski definition) is 5. The molecule has 1 aliphatic rings. The van der Waals surface area contributed by atoms with E-state index in [1.807, 2.05) is 11.9 Å². The van der Waals surface area contributed by atoms with Crippen molar-refractivity contribution in [1.29, 1.82) is 0 Å². The number of aromatic nitrogens is 2. The average molecular weight is 373 g/mol. The third-order valence-corrected chi connectivity index (χ3v) is 4.77. The van der Waals surface area contributed by atoms with Crippen molar-refractivity contribution in [2.75, 3.05) is 33.2 Å². The Bertz CT molecular complexity index is 875. The molecule has 1 aliphatic heterocycles. The van der Waals surface area contributed by atoms with Gasteiger partial charge in [0.25, 0.3) is 11.2 Å². The molecule has 0 amide bonds. The number of hydrazone groups is 1. The summed E-state index contributed by atoms with van der Waals surface area (Å²) in [6.07, 6.45) is 3.26. The van der Waals surface area contributed by atoms with Crippen molar-refractivity contribution >= 4 is 11.9 Å². The lowest BCUT2D eigenvalue weighted by Crippen LogP contribution is -3.11. The minimum atomic E-state index is -0.459. The maximum absolute atomic E-state index is 12.9. The monoisotopic (exact) mass is 373 g/mol. The van der Waals surface area contributed by atoms with Crippen LogP contribution in [0.4, 0.5) is 5.69 Å². The number of quaternary nitrogens is 1. The van der Waals surface area contributed by atoms with Gasteiger partial charge in [-0.25, -0.2) is 4.68 Å². The first-order chi connectivity index (χ1) is 13.0. The number of hydrogen-bond donors (Lipinski definition) is 2. The Hall–Kier alpha value is -2.94. The third kappa shape index (κ3) is 4.25. The molecule has 0 bridgehead atoms. The van der Waals surface area contributed by atoms with Crippen LogP contribution in [0.15, 0.2) is 34.2 Å². The maximum Gasteiger partial charge on any atom is 0.280 e. The zero-order chi connectivity index (χ0) is 19.4. The van der Waals surface area contributed by atoms with Crippen LogP contribution < -0.4 is 10.5 Å². The van der Waals surface area contributed by atoms with Gasteiger partial charge >= 0.3 is 0 Å². The third-order valence-electron chi connectivity index (χ3n) is 4.77. The van der Waals surface area contributed by atoms with E-state index in [4.69, 9.17) is 0 Å². The topological polar surface area (TPSA) is 101 Å². The van der Waals surface area contributed by atoms with Crippen molar-refractivity contribution in [3.05, 3.63) is 56.0 Å². The summed E-state index contributed by atoms with van der Waals surface area (Å²) >= 11 is 0. The number of nitro groups is 1. The van der Waals surface area contributed by atoms with E-state index in [-0.39, 0.29) is 11.2 Å². The van der Waals surface area contributed by atoms with Crippen LogP contribution >= 0.6 is 0 Å².